The predicted molar refractivity (Wildman–Crippen MR) is 112 cm³/mol. The Morgan fingerprint density at radius 1 is 1.11 bits per heavy atom. The number of ether oxygens (including phenoxy) is 1. The van der Waals surface area contributed by atoms with Gasteiger partial charge in [0, 0.05) is 19.8 Å². The molecule has 0 aliphatic carbocycles. The minimum absolute atomic E-state index is 0.0299. The third-order valence-corrected chi connectivity index (χ3v) is 5.37. The largest absolute Gasteiger partial charge is 0.496 e. The van der Waals surface area contributed by atoms with Gasteiger partial charge < -0.3 is 9.64 Å². The van der Waals surface area contributed by atoms with Crippen LogP contribution in [0.3, 0.4) is 0 Å². The molecule has 7 heteroatoms. The molecule has 0 bridgehead atoms. The Balaban J connectivity index is 2.12. The summed E-state index contributed by atoms with van der Waals surface area (Å²) < 4.78 is 7.49. The number of rotatable bonds is 6. The average Bonchev–Trinajstić information content (AvgIpc) is 3.11. The van der Waals surface area contributed by atoms with Crippen molar-refractivity contribution in [2.75, 3.05) is 21.2 Å². The Kier molecular flexibility index (Phi) is 6.04. The fourth-order valence-corrected chi connectivity index (χ4v) is 3.86. The van der Waals surface area contributed by atoms with Gasteiger partial charge in [-0.25, -0.2) is 0 Å². The molecule has 0 N–H and O–H groups in total. The molecule has 3 rings (SSSR count). The van der Waals surface area contributed by atoms with Crippen LogP contribution >= 0.6 is 11.8 Å². The van der Waals surface area contributed by atoms with Crippen LogP contribution in [0.5, 0.6) is 5.75 Å². The summed E-state index contributed by atoms with van der Waals surface area (Å²) in [7, 11) is 5.15. The normalized spacial score (nSPS) is 11.9. The molecule has 1 atom stereocenters. The van der Waals surface area contributed by atoms with Crippen LogP contribution in [0.2, 0.25) is 0 Å². The number of carbonyl (C=O) groups excluding carboxylic acids is 1. The molecule has 0 fully saturated rings. The second-order valence-electron chi connectivity index (χ2n) is 6.67. The van der Waals surface area contributed by atoms with Crippen LogP contribution < -0.4 is 4.74 Å². The highest BCUT2D eigenvalue weighted by Gasteiger charge is 2.23. The zero-order valence-electron chi connectivity index (χ0n) is 16.7. The van der Waals surface area contributed by atoms with E-state index >= 15 is 0 Å². The van der Waals surface area contributed by atoms with Crippen molar-refractivity contribution >= 4 is 17.7 Å². The van der Waals surface area contributed by atoms with Crippen LogP contribution in [0, 0.1) is 6.92 Å². The molecule has 1 aromatic heterocycles. The molecule has 146 valence electrons. The molecule has 1 heterocycles. The van der Waals surface area contributed by atoms with Crippen molar-refractivity contribution in [3.05, 3.63) is 54.1 Å². The van der Waals surface area contributed by atoms with E-state index in [1.807, 2.05) is 66.9 Å². The maximum Gasteiger partial charge on any atom is 0.235 e. The highest BCUT2D eigenvalue weighted by Crippen LogP contribution is 2.34. The van der Waals surface area contributed by atoms with Crippen LogP contribution in [0.4, 0.5) is 0 Å². The summed E-state index contributed by atoms with van der Waals surface area (Å²) >= 11 is 1.39. The van der Waals surface area contributed by atoms with Gasteiger partial charge in [0.25, 0.3) is 0 Å². The maximum absolute atomic E-state index is 12.3. The van der Waals surface area contributed by atoms with Crippen LogP contribution in [-0.4, -0.2) is 52.0 Å². The zero-order valence-corrected chi connectivity index (χ0v) is 17.5. The molecule has 0 aliphatic heterocycles. The van der Waals surface area contributed by atoms with Crippen LogP contribution in [0.1, 0.15) is 12.5 Å². The molecular weight excluding hydrogens is 372 g/mol. The molecule has 1 unspecified atom stereocenters. The summed E-state index contributed by atoms with van der Waals surface area (Å²) in [6.07, 6.45) is 0. The van der Waals surface area contributed by atoms with Crippen molar-refractivity contribution in [2.24, 2.45) is 0 Å². The van der Waals surface area contributed by atoms with Gasteiger partial charge in [0.15, 0.2) is 11.0 Å². The van der Waals surface area contributed by atoms with E-state index in [0.717, 1.165) is 17.0 Å². The minimum Gasteiger partial charge on any atom is -0.496 e. The molecule has 0 saturated heterocycles. The zero-order chi connectivity index (χ0) is 20.3. The first kappa shape index (κ1) is 19.9. The van der Waals surface area contributed by atoms with E-state index in [1.165, 1.54) is 17.3 Å². The number of hydrogen-bond donors (Lipinski definition) is 0. The van der Waals surface area contributed by atoms with Gasteiger partial charge in [-0.1, -0.05) is 41.6 Å². The van der Waals surface area contributed by atoms with E-state index in [2.05, 4.69) is 10.2 Å². The number of aryl methyl sites for hydroxylation is 1. The number of aromatic nitrogens is 3. The van der Waals surface area contributed by atoms with Crippen molar-refractivity contribution in [2.45, 2.75) is 24.3 Å². The maximum atomic E-state index is 12.3. The van der Waals surface area contributed by atoms with Gasteiger partial charge in [-0.3, -0.25) is 9.36 Å². The van der Waals surface area contributed by atoms with Crippen molar-refractivity contribution < 1.29 is 9.53 Å². The molecule has 0 radical (unpaired) electrons. The highest BCUT2D eigenvalue weighted by molar-refractivity contribution is 8.00. The molecule has 6 nitrogen and oxygen atoms in total. The summed E-state index contributed by atoms with van der Waals surface area (Å²) in [5, 5.41) is 9.21. The molecule has 3 aromatic rings. The molecule has 0 spiro atoms. The number of nitrogens with zero attached hydrogens (tertiary/aromatic N) is 4. The lowest BCUT2D eigenvalue weighted by Crippen LogP contribution is -2.29. The first-order valence-electron chi connectivity index (χ1n) is 8.96. The summed E-state index contributed by atoms with van der Waals surface area (Å²) in [6.45, 7) is 3.93. The Morgan fingerprint density at radius 2 is 1.79 bits per heavy atom. The van der Waals surface area contributed by atoms with Gasteiger partial charge in [0.2, 0.25) is 5.91 Å². The van der Waals surface area contributed by atoms with E-state index in [1.54, 1.807) is 26.1 Å². The van der Waals surface area contributed by atoms with E-state index in [9.17, 15) is 4.79 Å². The van der Waals surface area contributed by atoms with E-state index < -0.39 is 0 Å². The van der Waals surface area contributed by atoms with Crippen LogP contribution in [-0.2, 0) is 4.79 Å². The number of methoxy groups -OCH3 is 1. The SMILES string of the molecule is COc1ccccc1-c1nnc(SC(C)C(=O)N(C)C)n1-c1ccc(C)cc1. The minimum atomic E-state index is -0.283. The average molecular weight is 397 g/mol. The summed E-state index contributed by atoms with van der Waals surface area (Å²) in [4.78, 5) is 13.9. The Morgan fingerprint density at radius 3 is 2.43 bits per heavy atom. The smallest absolute Gasteiger partial charge is 0.235 e. The molecule has 0 aliphatic rings. The van der Waals surface area contributed by atoms with Gasteiger partial charge in [-0.05, 0) is 38.1 Å². The van der Waals surface area contributed by atoms with E-state index in [4.69, 9.17) is 4.74 Å². The van der Waals surface area contributed by atoms with Gasteiger partial charge in [0.1, 0.15) is 5.75 Å². The first-order valence-corrected chi connectivity index (χ1v) is 9.84. The lowest BCUT2D eigenvalue weighted by Gasteiger charge is -2.17. The Labute approximate surface area is 169 Å². The third kappa shape index (κ3) is 4.04. The van der Waals surface area contributed by atoms with E-state index in [0.29, 0.717) is 11.0 Å². The second kappa shape index (κ2) is 8.48. The van der Waals surface area contributed by atoms with Crippen LogP contribution in [0.25, 0.3) is 17.1 Å². The number of carbonyl (C=O) groups is 1. The molecular formula is C21H24N4O2S. The summed E-state index contributed by atoms with van der Waals surface area (Å²) in [5.74, 6) is 1.42. The van der Waals surface area contributed by atoms with Gasteiger partial charge >= 0.3 is 0 Å². The van der Waals surface area contributed by atoms with Crippen molar-refractivity contribution in [3.8, 4) is 22.8 Å². The Hall–Kier alpha value is -2.80. The van der Waals surface area contributed by atoms with Gasteiger partial charge in [-0.15, -0.1) is 10.2 Å². The predicted octanol–water partition coefficient (Wildman–Crippen LogP) is 3.82. The van der Waals surface area contributed by atoms with E-state index in [-0.39, 0.29) is 11.2 Å². The Bertz CT molecular complexity index is 967. The number of amides is 1. The van der Waals surface area contributed by atoms with Crippen molar-refractivity contribution in [1.29, 1.82) is 0 Å². The monoisotopic (exact) mass is 396 g/mol. The second-order valence-corrected chi connectivity index (χ2v) is 7.98. The van der Waals surface area contributed by atoms with Gasteiger partial charge in [0.05, 0.1) is 17.9 Å². The summed E-state index contributed by atoms with van der Waals surface area (Å²) in [5.41, 5.74) is 2.95. The quantitative estimate of drug-likeness (QED) is 0.593. The number of hydrogen-bond acceptors (Lipinski definition) is 5. The molecule has 0 saturated carbocycles. The van der Waals surface area contributed by atoms with Crippen molar-refractivity contribution in [3.63, 3.8) is 0 Å². The fraction of sp³-hybridized carbons (Fsp3) is 0.286. The van der Waals surface area contributed by atoms with Crippen LogP contribution in [0.15, 0.2) is 53.7 Å². The number of para-hydroxylation sites is 1. The topological polar surface area (TPSA) is 60.3 Å². The first-order chi connectivity index (χ1) is 13.4. The standard InChI is InChI=1S/C21H24N4O2S/c1-14-10-12-16(13-11-14)25-19(17-8-6-7-9-18(17)27-5)22-23-21(25)28-15(2)20(26)24(3)4/h6-13,15H,1-5H3. The molecule has 1 amide bonds. The summed E-state index contributed by atoms with van der Waals surface area (Å²) in [6, 6.07) is 15.9. The molecule has 2 aromatic carbocycles. The van der Waals surface area contributed by atoms with Crippen molar-refractivity contribution in [1.82, 2.24) is 19.7 Å². The lowest BCUT2D eigenvalue weighted by molar-refractivity contribution is -0.127. The number of thioether (sulfide) groups is 1. The third-order valence-electron chi connectivity index (χ3n) is 4.34. The lowest BCUT2D eigenvalue weighted by atomic mass is 10.1. The highest BCUT2D eigenvalue weighted by atomic mass is 32.2. The fourth-order valence-electron chi connectivity index (χ4n) is 2.85. The van der Waals surface area contributed by atoms with Gasteiger partial charge in [-0.2, -0.15) is 0 Å². The molecule has 28 heavy (non-hydrogen) atoms. The number of benzene rings is 2.